The van der Waals surface area contributed by atoms with E-state index in [1.807, 2.05) is 42.1 Å². The Morgan fingerprint density at radius 1 is 1.29 bits per heavy atom. The first-order chi connectivity index (χ1) is 10.1. The fraction of sp³-hybridized carbons (Fsp3) is 0.231. The highest BCUT2D eigenvalue weighted by Crippen LogP contribution is 2.11. The molecule has 7 nitrogen and oxygen atoms in total. The third-order valence-corrected chi connectivity index (χ3v) is 3.55. The van der Waals surface area contributed by atoms with Gasteiger partial charge in [0.25, 0.3) is 0 Å². The van der Waals surface area contributed by atoms with E-state index in [1.165, 1.54) is 11.3 Å². The number of nitrogens with one attached hydrogen (secondary N) is 2. The number of carbonyl (C=O) groups excluding carboxylic acids is 1. The molecule has 3 heterocycles. The van der Waals surface area contributed by atoms with Crippen LogP contribution in [0.25, 0.3) is 4.96 Å². The monoisotopic (exact) mass is 302 g/mol. The minimum atomic E-state index is -0.191. The van der Waals surface area contributed by atoms with Crippen LogP contribution >= 0.6 is 11.3 Å². The molecule has 0 aliphatic carbocycles. The molecule has 0 radical (unpaired) electrons. The lowest BCUT2D eigenvalue weighted by atomic mass is 10.3. The summed E-state index contributed by atoms with van der Waals surface area (Å²) in [5.41, 5.74) is 7.71. The molecule has 0 aromatic carbocycles. The summed E-state index contributed by atoms with van der Waals surface area (Å²) in [7, 11) is 0. The number of hydrogen-bond donors (Lipinski definition) is 2. The number of aryl methyl sites for hydroxylation is 2. The molecule has 0 fully saturated rings. The van der Waals surface area contributed by atoms with E-state index in [4.69, 9.17) is 0 Å². The molecule has 0 saturated carbocycles. The van der Waals surface area contributed by atoms with Gasteiger partial charge in [-0.15, -0.1) is 11.3 Å². The minimum absolute atomic E-state index is 0.191. The first-order valence-electron chi connectivity index (χ1n) is 6.38. The molecule has 0 aliphatic heterocycles. The smallest absolute Gasteiger partial charge is 0.244 e. The maximum Gasteiger partial charge on any atom is 0.244 e. The number of imidazole rings is 1. The van der Waals surface area contributed by atoms with E-state index in [-0.39, 0.29) is 12.3 Å². The molecular weight excluding hydrogens is 288 g/mol. The van der Waals surface area contributed by atoms with Gasteiger partial charge in [0, 0.05) is 29.2 Å². The predicted molar refractivity (Wildman–Crippen MR) is 80.0 cm³/mol. The van der Waals surface area contributed by atoms with Crippen molar-refractivity contribution in [3.8, 4) is 0 Å². The zero-order valence-corrected chi connectivity index (χ0v) is 12.4. The van der Waals surface area contributed by atoms with E-state index in [9.17, 15) is 4.79 Å². The highest BCUT2D eigenvalue weighted by Gasteiger charge is 2.08. The van der Waals surface area contributed by atoms with E-state index in [1.54, 1.807) is 0 Å². The van der Waals surface area contributed by atoms with Crippen LogP contribution in [0.2, 0.25) is 0 Å². The summed E-state index contributed by atoms with van der Waals surface area (Å²) in [6.45, 7) is 3.75. The number of thiazole rings is 1. The fourth-order valence-electron chi connectivity index (χ4n) is 1.98. The second-order valence-corrected chi connectivity index (χ2v) is 5.52. The standard InChI is InChI=1S/C13H14N6OS/c1-8-5-9(2)15-12(14-8)18-17-11(20)6-10-7-19-3-4-21-13(19)16-10/h3-5,7H,6H2,1-2H3,(H,17,20)(H,14,15,18). The zero-order valence-electron chi connectivity index (χ0n) is 11.6. The highest BCUT2D eigenvalue weighted by molar-refractivity contribution is 7.15. The van der Waals surface area contributed by atoms with E-state index in [2.05, 4.69) is 25.8 Å². The SMILES string of the molecule is Cc1cc(C)nc(NNC(=O)Cc2cn3ccsc3n2)n1. The average molecular weight is 302 g/mol. The summed E-state index contributed by atoms with van der Waals surface area (Å²) >= 11 is 1.53. The third kappa shape index (κ3) is 3.16. The van der Waals surface area contributed by atoms with E-state index < -0.39 is 0 Å². The van der Waals surface area contributed by atoms with Crippen molar-refractivity contribution < 1.29 is 4.79 Å². The first kappa shape index (κ1) is 13.5. The van der Waals surface area contributed by atoms with E-state index in [0.29, 0.717) is 5.95 Å². The molecule has 0 aliphatic rings. The van der Waals surface area contributed by atoms with Crippen molar-refractivity contribution in [2.24, 2.45) is 0 Å². The number of anilines is 1. The zero-order chi connectivity index (χ0) is 14.8. The minimum Gasteiger partial charge on any atom is -0.297 e. The molecule has 21 heavy (non-hydrogen) atoms. The second kappa shape index (κ2) is 5.49. The Bertz CT molecular complexity index is 744. The molecule has 0 bridgehead atoms. The van der Waals surface area contributed by atoms with Crippen LogP contribution in [0.1, 0.15) is 17.1 Å². The van der Waals surface area contributed by atoms with Gasteiger partial charge in [-0.3, -0.25) is 20.0 Å². The summed E-state index contributed by atoms with van der Waals surface area (Å²) in [4.78, 5) is 25.5. The summed E-state index contributed by atoms with van der Waals surface area (Å²) in [6, 6.07) is 1.87. The molecule has 0 saturated heterocycles. The Kier molecular flexibility index (Phi) is 3.53. The number of rotatable bonds is 4. The fourth-order valence-corrected chi connectivity index (χ4v) is 2.70. The summed E-state index contributed by atoms with van der Waals surface area (Å²) in [6.07, 6.45) is 3.96. The maximum atomic E-state index is 11.9. The van der Waals surface area contributed by atoms with Gasteiger partial charge in [0.2, 0.25) is 11.9 Å². The van der Waals surface area contributed by atoms with Crippen LogP contribution in [0.15, 0.2) is 23.8 Å². The van der Waals surface area contributed by atoms with Crippen LogP contribution in [-0.4, -0.2) is 25.3 Å². The normalized spacial score (nSPS) is 10.8. The van der Waals surface area contributed by atoms with Gasteiger partial charge in [0.1, 0.15) is 0 Å². The quantitative estimate of drug-likeness (QED) is 0.713. The molecule has 108 valence electrons. The van der Waals surface area contributed by atoms with Crippen LogP contribution in [0.3, 0.4) is 0 Å². The topological polar surface area (TPSA) is 84.2 Å². The lowest BCUT2D eigenvalue weighted by molar-refractivity contribution is -0.120. The van der Waals surface area contributed by atoms with Gasteiger partial charge >= 0.3 is 0 Å². The lowest BCUT2D eigenvalue weighted by Crippen LogP contribution is -2.31. The van der Waals surface area contributed by atoms with Crippen LogP contribution in [0.4, 0.5) is 5.95 Å². The molecule has 0 spiro atoms. The Balaban J connectivity index is 1.60. The Morgan fingerprint density at radius 2 is 2.05 bits per heavy atom. The van der Waals surface area contributed by atoms with E-state index >= 15 is 0 Å². The van der Waals surface area contributed by atoms with Crippen LogP contribution < -0.4 is 10.9 Å². The van der Waals surface area contributed by atoms with Gasteiger partial charge in [0.15, 0.2) is 4.96 Å². The Morgan fingerprint density at radius 3 is 2.76 bits per heavy atom. The number of hydrazine groups is 1. The van der Waals surface area contributed by atoms with Crippen LogP contribution in [0, 0.1) is 13.8 Å². The number of aromatic nitrogens is 4. The van der Waals surface area contributed by atoms with Gasteiger partial charge in [0.05, 0.1) is 12.1 Å². The van der Waals surface area contributed by atoms with Crippen molar-refractivity contribution in [2.75, 3.05) is 5.43 Å². The molecule has 8 heteroatoms. The van der Waals surface area contributed by atoms with Crippen LogP contribution in [-0.2, 0) is 11.2 Å². The Labute approximate surface area is 125 Å². The molecule has 3 aromatic heterocycles. The molecule has 0 atom stereocenters. The molecule has 1 amide bonds. The summed E-state index contributed by atoms with van der Waals surface area (Å²) < 4.78 is 1.90. The van der Waals surface area contributed by atoms with Gasteiger partial charge in [-0.2, -0.15) is 0 Å². The number of amides is 1. The summed E-state index contributed by atoms with van der Waals surface area (Å²) in [5, 5.41) is 1.95. The van der Waals surface area contributed by atoms with Crippen LogP contribution in [0.5, 0.6) is 0 Å². The van der Waals surface area contributed by atoms with Gasteiger partial charge < -0.3 is 0 Å². The van der Waals surface area contributed by atoms with Crippen molar-refractivity contribution in [3.63, 3.8) is 0 Å². The van der Waals surface area contributed by atoms with Crippen molar-refractivity contribution in [3.05, 3.63) is 40.9 Å². The molecule has 2 N–H and O–H groups in total. The largest absolute Gasteiger partial charge is 0.297 e. The molecule has 3 aromatic rings. The third-order valence-electron chi connectivity index (χ3n) is 2.78. The maximum absolute atomic E-state index is 11.9. The average Bonchev–Trinajstić information content (AvgIpc) is 2.96. The first-order valence-corrected chi connectivity index (χ1v) is 7.26. The summed E-state index contributed by atoms with van der Waals surface area (Å²) in [5.74, 6) is 0.190. The van der Waals surface area contributed by atoms with Crippen molar-refractivity contribution >= 4 is 28.2 Å². The van der Waals surface area contributed by atoms with E-state index in [0.717, 1.165) is 22.0 Å². The van der Waals surface area contributed by atoms with Gasteiger partial charge in [-0.05, 0) is 19.9 Å². The number of carbonyl (C=O) groups is 1. The lowest BCUT2D eigenvalue weighted by Gasteiger charge is -2.07. The van der Waals surface area contributed by atoms with Crippen molar-refractivity contribution in [1.29, 1.82) is 0 Å². The van der Waals surface area contributed by atoms with Gasteiger partial charge in [-0.1, -0.05) is 0 Å². The molecular formula is C13H14N6OS. The predicted octanol–water partition coefficient (Wildman–Crippen LogP) is 1.49. The second-order valence-electron chi connectivity index (χ2n) is 4.65. The number of hydrogen-bond acceptors (Lipinski definition) is 6. The van der Waals surface area contributed by atoms with Crippen molar-refractivity contribution in [1.82, 2.24) is 24.8 Å². The molecule has 0 unspecified atom stereocenters. The highest BCUT2D eigenvalue weighted by atomic mass is 32.1. The van der Waals surface area contributed by atoms with Crippen molar-refractivity contribution in [2.45, 2.75) is 20.3 Å². The van der Waals surface area contributed by atoms with Gasteiger partial charge in [-0.25, -0.2) is 15.0 Å². The Hall–Kier alpha value is -2.48. The number of nitrogens with zero attached hydrogens (tertiary/aromatic N) is 4. The number of fused-ring (bicyclic) bond motifs is 1. The molecule has 3 rings (SSSR count).